The number of rotatable bonds is 8. The van der Waals surface area contributed by atoms with Crippen LogP contribution in [-0.4, -0.2) is 50.6 Å². The Kier molecular flexibility index (Phi) is 8.74. The van der Waals surface area contributed by atoms with Gasteiger partial charge in [-0.05, 0) is 42.5 Å². The first-order valence-electron chi connectivity index (χ1n) is 7.35. The van der Waals surface area contributed by atoms with Crippen LogP contribution in [0.4, 0.5) is 4.39 Å². The zero-order valence-corrected chi connectivity index (χ0v) is 14.7. The van der Waals surface area contributed by atoms with Gasteiger partial charge in [-0.25, -0.2) is 4.39 Å². The molecule has 0 saturated heterocycles. The van der Waals surface area contributed by atoms with Gasteiger partial charge >= 0.3 is 0 Å². The summed E-state index contributed by atoms with van der Waals surface area (Å²) >= 11 is 1.86. The van der Waals surface area contributed by atoms with Crippen LogP contribution in [0.15, 0.2) is 23.2 Å². The number of aliphatic imine (C=N–C) groups is 1. The van der Waals surface area contributed by atoms with Crippen LogP contribution in [0.2, 0.25) is 0 Å². The fourth-order valence-electron chi connectivity index (χ4n) is 2.11. The molecule has 0 spiro atoms. The first kappa shape index (κ1) is 18.6. The van der Waals surface area contributed by atoms with Crippen LogP contribution in [-0.2, 0) is 6.54 Å². The van der Waals surface area contributed by atoms with E-state index in [0.717, 1.165) is 24.5 Å². The molecule has 0 unspecified atom stereocenters. The van der Waals surface area contributed by atoms with Crippen molar-refractivity contribution in [3.63, 3.8) is 0 Å². The number of methoxy groups -OCH3 is 1. The molecular weight excluding hydrogens is 301 g/mol. The predicted molar refractivity (Wildman–Crippen MR) is 93.4 cm³/mol. The minimum absolute atomic E-state index is 0.266. The lowest BCUT2D eigenvalue weighted by Gasteiger charge is -2.22. The molecule has 124 valence electrons. The second-order valence-electron chi connectivity index (χ2n) is 5.00. The van der Waals surface area contributed by atoms with Crippen molar-refractivity contribution in [3.05, 3.63) is 29.6 Å². The standard InChI is InChI=1S/C16H26FN3OS/c1-18-16(19-9-5-6-10-22-4)20(2)12-13-7-8-15(21-3)14(17)11-13/h7-8,11H,5-6,9-10,12H2,1-4H3,(H,18,19). The van der Waals surface area contributed by atoms with Gasteiger partial charge in [-0.15, -0.1) is 0 Å². The van der Waals surface area contributed by atoms with E-state index < -0.39 is 0 Å². The zero-order chi connectivity index (χ0) is 16.4. The summed E-state index contributed by atoms with van der Waals surface area (Å²) < 4.78 is 18.6. The number of guanidine groups is 1. The van der Waals surface area contributed by atoms with E-state index in [9.17, 15) is 4.39 Å². The molecule has 1 aromatic carbocycles. The van der Waals surface area contributed by atoms with Gasteiger partial charge in [0.25, 0.3) is 0 Å². The molecule has 1 N–H and O–H groups in total. The van der Waals surface area contributed by atoms with E-state index >= 15 is 0 Å². The molecule has 0 heterocycles. The number of thioether (sulfide) groups is 1. The maximum absolute atomic E-state index is 13.7. The van der Waals surface area contributed by atoms with Crippen LogP contribution in [0.1, 0.15) is 18.4 Å². The Morgan fingerprint density at radius 3 is 2.77 bits per heavy atom. The Hall–Kier alpha value is -1.43. The van der Waals surface area contributed by atoms with E-state index in [4.69, 9.17) is 4.74 Å². The summed E-state index contributed by atoms with van der Waals surface area (Å²) in [7, 11) is 5.17. The molecule has 6 heteroatoms. The highest BCUT2D eigenvalue weighted by Crippen LogP contribution is 2.18. The summed E-state index contributed by atoms with van der Waals surface area (Å²) in [5, 5.41) is 3.33. The van der Waals surface area contributed by atoms with Gasteiger partial charge in [-0.3, -0.25) is 4.99 Å². The van der Waals surface area contributed by atoms with Crippen molar-refractivity contribution in [1.29, 1.82) is 0 Å². The van der Waals surface area contributed by atoms with E-state index in [1.807, 2.05) is 29.8 Å². The summed E-state index contributed by atoms with van der Waals surface area (Å²) in [6.07, 6.45) is 4.43. The van der Waals surface area contributed by atoms with E-state index in [0.29, 0.717) is 6.54 Å². The van der Waals surface area contributed by atoms with Crippen molar-refractivity contribution in [2.45, 2.75) is 19.4 Å². The SMILES string of the molecule is CN=C(NCCCCSC)N(C)Cc1ccc(OC)c(F)c1. The van der Waals surface area contributed by atoms with Crippen LogP contribution < -0.4 is 10.1 Å². The Labute approximate surface area is 137 Å². The highest BCUT2D eigenvalue weighted by atomic mass is 32.2. The molecular formula is C16H26FN3OS. The average molecular weight is 327 g/mol. The third kappa shape index (κ3) is 6.13. The fraction of sp³-hybridized carbons (Fsp3) is 0.562. The molecule has 0 fully saturated rings. The van der Waals surface area contributed by atoms with Crippen LogP contribution in [0.5, 0.6) is 5.75 Å². The van der Waals surface area contributed by atoms with Crippen molar-refractivity contribution in [2.24, 2.45) is 4.99 Å². The first-order valence-corrected chi connectivity index (χ1v) is 8.75. The van der Waals surface area contributed by atoms with Gasteiger partial charge in [0.1, 0.15) is 0 Å². The van der Waals surface area contributed by atoms with Gasteiger partial charge in [-0.2, -0.15) is 11.8 Å². The molecule has 0 aliphatic rings. The topological polar surface area (TPSA) is 36.9 Å². The Morgan fingerprint density at radius 2 is 2.18 bits per heavy atom. The number of halogens is 1. The molecule has 4 nitrogen and oxygen atoms in total. The normalized spacial score (nSPS) is 11.4. The average Bonchev–Trinajstić information content (AvgIpc) is 2.51. The quantitative estimate of drug-likeness (QED) is 0.452. The molecule has 1 rings (SSSR count). The number of ether oxygens (including phenoxy) is 1. The van der Waals surface area contributed by atoms with E-state index in [1.54, 1.807) is 13.1 Å². The molecule has 0 aromatic heterocycles. The van der Waals surface area contributed by atoms with Gasteiger partial charge in [0, 0.05) is 27.2 Å². The lowest BCUT2D eigenvalue weighted by atomic mass is 10.2. The monoisotopic (exact) mass is 327 g/mol. The van der Waals surface area contributed by atoms with Crippen LogP contribution >= 0.6 is 11.8 Å². The molecule has 0 amide bonds. The van der Waals surface area contributed by atoms with Crippen molar-refractivity contribution in [3.8, 4) is 5.75 Å². The Bertz CT molecular complexity index is 482. The van der Waals surface area contributed by atoms with Crippen molar-refractivity contribution in [1.82, 2.24) is 10.2 Å². The van der Waals surface area contributed by atoms with Crippen molar-refractivity contribution >= 4 is 17.7 Å². The molecule has 0 saturated carbocycles. The number of benzene rings is 1. The molecule has 0 bridgehead atoms. The summed E-state index contributed by atoms with van der Waals surface area (Å²) in [6.45, 7) is 1.49. The van der Waals surface area contributed by atoms with Crippen LogP contribution in [0.3, 0.4) is 0 Å². The van der Waals surface area contributed by atoms with Crippen LogP contribution in [0, 0.1) is 5.82 Å². The number of nitrogens with one attached hydrogen (secondary N) is 1. The molecule has 0 radical (unpaired) electrons. The smallest absolute Gasteiger partial charge is 0.193 e. The van der Waals surface area contributed by atoms with Gasteiger partial charge in [-0.1, -0.05) is 6.07 Å². The highest BCUT2D eigenvalue weighted by Gasteiger charge is 2.09. The van der Waals surface area contributed by atoms with Gasteiger partial charge < -0.3 is 15.0 Å². The van der Waals surface area contributed by atoms with E-state index in [-0.39, 0.29) is 11.6 Å². The number of unbranched alkanes of at least 4 members (excludes halogenated alkanes) is 1. The predicted octanol–water partition coefficient (Wildman–Crippen LogP) is 2.98. The molecule has 1 aromatic rings. The lowest BCUT2D eigenvalue weighted by Crippen LogP contribution is -2.38. The van der Waals surface area contributed by atoms with Crippen molar-refractivity contribution in [2.75, 3.05) is 39.8 Å². The summed E-state index contributed by atoms with van der Waals surface area (Å²) in [4.78, 5) is 6.25. The number of hydrogen-bond donors (Lipinski definition) is 1. The molecule has 0 aliphatic heterocycles. The summed E-state index contributed by atoms with van der Waals surface area (Å²) in [5.41, 5.74) is 0.881. The second kappa shape index (κ2) is 10.3. The van der Waals surface area contributed by atoms with E-state index in [1.165, 1.54) is 25.3 Å². The molecule has 22 heavy (non-hydrogen) atoms. The zero-order valence-electron chi connectivity index (χ0n) is 13.9. The maximum Gasteiger partial charge on any atom is 0.193 e. The van der Waals surface area contributed by atoms with E-state index in [2.05, 4.69) is 16.6 Å². The van der Waals surface area contributed by atoms with Crippen molar-refractivity contribution < 1.29 is 9.13 Å². The first-order chi connectivity index (χ1) is 10.6. The molecule has 0 aliphatic carbocycles. The lowest BCUT2D eigenvalue weighted by molar-refractivity contribution is 0.385. The van der Waals surface area contributed by atoms with Gasteiger partial charge in [0.2, 0.25) is 0 Å². The minimum atomic E-state index is -0.339. The highest BCUT2D eigenvalue weighted by molar-refractivity contribution is 7.98. The summed E-state index contributed by atoms with van der Waals surface area (Å²) in [5.74, 6) is 1.93. The molecule has 0 atom stereocenters. The third-order valence-corrected chi connectivity index (χ3v) is 3.96. The minimum Gasteiger partial charge on any atom is -0.494 e. The largest absolute Gasteiger partial charge is 0.494 e. The Balaban J connectivity index is 2.51. The third-order valence-electron chi connectivity index (χ3n) is 3.27. The second-order valence-corrected chi connectivity index (χ2v) is 5.98. The number of hydrogen-bond acceptors (Lipinski definition) is 3. The summed E-state index contributed by atoms with van der Waals surface area (Å²) in [6, 6.07) is 5.02. The Morgan fingerprint density at radius 1 is 1.41 bits per heavy atom. The van der Waals surface area contributed by atoms with Crippen LogP contribution in [0.25, 0.3) is 0 Å². The van der Waals surface area contributed by atoms with Gasteiger partial charge in [0.15, 0.2) is 17.5 Å². The number of nitrogens with zero attached hydrogens (tertiary/aromatic N) is 2. The fourth-order valence-corrected chi connectivity index (χ4v) is 2.61. The maximum atomic E-state index is 13.7. The van der Waals surface area contributed by atoms with Gasteiger partial charge in [0.05, 0.1) is 7.11 Å².